The van der Waals surface area contributed by atoms with Gasteiger partial charge in [-0.2, -0.15) is 5.26 Å². The van der Waals surface area contributed by atoms with Gasteiger partial charge in [0.05, 0.1) is 17.6 Å². The van der Waals surface area contributed by atoms with E-state index < -0.39 is 5.91 Å². The third-order valence-electron chi connectivity index (χ3n) is 4.87. The number of amides is 1. The van der Waals surface area contributed by atoms with Gasteiger partial charge in [-0.15, -0.1) is 0 Å². The zero-order valence-electron chi connectivity index (χ0n) is 18.1. The van der Waals surface area contributed by atoms with Gasteiger partial charge in [-0.25, -0.2) is 4.39 Å². The smallest absolute Gasteiger partial charge is 0.262 e. The highest BCUT2D eigenvalue weighted by molar-refractivity contribution is 9.10. The molecule has 5 nitrogen and oxygen atoms in total. The van der Waals surface area contributed by atoms with Crippen LogP contribution in [0.3, 0.4) is 0 Å². The van der Waals surface area contributed by atoms with E-state index in [0.717, 1.165) is 11.1 Å². The average Bonchev–Trinajstić information content (AvgIpc) is 2.83. The number of carbonyl (C=O) groups is 1. The lowest BCUT2D eigenvalue weighted by molar-refractivity contribution is -0.117. The number of rotatable bonds is 8. The Labute approximate surface area is 200 Å². The lowest BCUT2D eigenvalue weighted by atomic mass is 10.1. The van der Waals surface area contributed by atoms with Gasteiger partial charge in [0.25, 0.3) is 5.91 Å². The van der Waals surface area contributed by atoms with E-state index in [9.17, 15) is 14.4 Å². The summed E-state index contributed by atoms with van der Waals surface area (Å²) in [6.07, 6.45) is 1.49. The summed E-state index contributed by atoms with van der Waals surface area (Å²) in [5.41, 5.74) is 2.29. The molecule has 0 unspecified atom stereocenters. The van der Waals surface area contributed by atoms with E-state index in [1.165, 1.54) is 25.3 Å². The number of nitrogens with zero attached hydrogens (tertiary/aromatic N) is 1. The molecule has 0 bridgehead atoms. The predicted octanol–water partition coefficient (Wildman–Crippen LogP) is 5.96. The average molecular weight is 509 g/mol. The monoisotopic (exact) mass is 508 g/mol. The van der Waals surface area contributed by atoms with Crippen LogP contribution in [0.25, 0.3) is 6.08 Å². The Morgan fingerprint density at radius 1 is 1.18 bits per heavy atom. The van der Waals surface area contributed by atoms with Crippen molar-refractivity contribution >= 4 is 27.9 Å². The zero-order chi connectivity index (χ0) is 23.8. The van der Waals surface area contributed by atoms with Gasteiger partial charge in [0.2, 0.25) is 0 Å². The minimum absolute atomic E-state index is 0.0354. The lowest BCUT2D eigenvalue weighted by Crippen LogP contribution is -2.27. The van der Waals surface area contributed by atoms with E-state index in [1.54, 1.807) is 24.3 Å². The maximum absolute atomic E-state index is 13.1. The number of halogens is 2. The van der Waals surface area contributed by atoms with Crippen LogP contribution in [0, 0.1) is 17.1 Å². The quantitative estimate of drug-likeness (QED) is 0.301. The van der Waals surface area contributed by atoms with Gasteiger partial charge < -0.3 is 14.8 Å². The van der Waals surface area contributed by atoms with Gasteiger partial charge >= 0.3 is 0 Å². The highest BCUT2D eigenvalue weighted by Crippen LogP contribution is 2.37. The first-order chi connectivity index (χ1) is 15.9. The van der Waals surface area contributed by atoms with Crippen molar-refractivity contribution in [1.29, 1.82) is 5.26 Å². The van der Waals surface area contributed by atoms with Crippen LogP contribution in [0.5, 0.6) is 11.5 Å². The molecule has 0 heterocycles. The van der Waals surface area contributed by atoms with E-state index in [4.69, 9.17) is 9.47 Å². The summed E-state index contributed by atoms with van der Waals surface area (Å²) in [6, 6.07) is 20.6. The zero-order valence-corrected chi connectivity index (χ0v) is 19.7. The van der Waals surface area contributed by atoms with Gasteiger partial charge in [0.15, 0.2) is 11.5 Å². The van der Waals surface area contributed by atoms with Crippen LogP contribution >= 0.6 is 15.9 Å². The standard InChI is InChI=1S/C26H22BrFN2O3/c1-17(20-6-4-3-5-7-20)30-26(31)21(15-29)12-19-13-23(27)25(24(14-19)32-2)33-16-18-8-10-22(28)11-9-18/h3-14,17H,16H2,1-2H3,(H,30,31)/b21-12-/t17-/m1/s1. The van der Waals surface area contributed by atoms with Crippen molar-refractivity contribution in [3.05, 3.63) is 99.3 Å². The van der Waals surface area contributed by atoms with E-state index in [0.29, 0.717) is 21.5 Å². The van der Waals surface area contributed by atoms with Gasteiger partial charge in [-0.1, -0.05) is 42.5 Å². The van der Waals surface area contributed by atoms with Gasteiger partial charge in [0.1, 0.15) is 24.1 Å². The number of nitrogens with one attached hydrogen (secondary N) is 1. The maximum atomic E-state index is 13.1. The number of hydrogen-bond acceptors (Lipinski definition) is 4. The molecule has 33 heavy (non-hydrogen) atoms. The molecule has 168 valence electrons. The molecule has 0 aliphatic heterocycles. The molecule has 3 rings (SSSR count). The van der Waals surface area contributed by atoms with E-state index in [-0.39, 0.29) is 24.0 Å². The minimum atomic E-state index is -0.472. The number of methoxy groups -OCH3 is 1. The largest absolute Gasteiger partial charge is 0.493 e. The second-order valence-corrected chi connectivity index (χ2v) is 8.08. The molecular formula is C26H22BrFN2O3. The van der Waals surface area contributed by atoms with Crippen LogP contribution in [0.4, 0.5) is 4.39 Å². The Morgan fingerprint density at radius 3 is 2.52 bits per heavy atom. The van der Waals surface area contributed by atoms with Gasteiger partial charge in [0, 0.05) is 0 Å². The molecular weight excluding hydrogens is 487 g/mol. The molecule has 0 aliphatic carbocycles. The van der Waals surface area contributed by atoms with Crippen LogP contribution in [0.2, 0.25) is 0 Å². The Hall–Kier alpha value is -3.63. The van der Waals surface area contributed by atoms with E-state index in [1.807, 2.05) is 43.3 Å². The Bertz CT molecular complexity index is 1190. The van der Waals surface area contributed by atoms with Crippen molar-refractivity contribution in [1.82, 2.24) is 5.32 Å². The third-order valence-corrected chi connectivity index (χ3v) is 5.46. The SMILES string of the molecule is COc1cc(/C=C(/C#N)C(=O)N[C@H](C)c2ccccc2)cc(Br)c1OCc1ccc(F)cc1. The van der Waals surface area contributed by atoms with Crippen LogP contribution < -0.4 is 14.8 Å². The highest BCUT2D eigenvalue weighted by atomic mass is 79.9. The predicted molar refractivity (Wildman–Crippen MR) is 128 cm³/mol. The Balaban J connectivity index is 1.78. The summed E-state index contributed by atoms with van der Waals surface area (Å²) in [4.78, 5) is 12.7. The maximum Gasteiger partial charge on any atom is 0.262 e. The van der Waals surface area contributed by atoms with E-state index in [2.05, 4.69) is 21.2 Å². The first-order valence-corrected chi connectivity index (χ1v) is 10.9. The van der Waals surface area contributed by atoms with Gasteiger partial charge in [-0.05, 0) is 69.9 Å². The first kappa shape index (κ1) is 24.0. The number of carbonyl (C=O) groups excluding carboxylic acids is 1. The topological polar surface area (TPSA) is 71.3 Å². The fraction of sp³-hybridized carbons (Fsp3) is 0.154. The second kappa shape index (κ2) is 11.3. The summed E-state index contributed by atoms with van der Waals surface area (Å²) >= 11 is 3.47. The molecule has 3 aromatic carbocycles. The number of ether oxygens (including phenoxy) is 2. The van der Waals surface area contributed by atoms with Crippen molar-refractivity contribution in [2.75, 3.05) is 7.11 Å². The molecule has 1 N–H and O–H groups in total. The summed E-state index contributed by atoms with van der Waals surface area (Å²) in [7, 11) is 1.50. The molecule has 0 saturated carbocycles. The number of benzene rings is 3. The van der Waals surface area contributed by atoms with Crippen molar-refractivity contribution in [3.8, 4) is 17.6 Å². The molecule has 0 aromatic heterocycles. The molecule has 0 saturated heterocycles. The molecule has 3 aromatic rings. The molecule has 0 spiro atoms. The summed E-state index contributed by atoms with van der Waals surface area (Å²) in [5.74, 6) is 0.0949. The second-order valence-electron chi connectivity index (χ2n) is 7.22. The summed E-state index contributed by atoms with van der Waals surface area (Å²) < 4.78 is 25.0. The summed E-state index contributed by atoms with van der Waals surface area (Å²) in [6.45, 7) is 2.07. The Morgan fingerprint density at radius 2 is 1.88 bits per heavy atom. The minimum Gasteiger partial charge on any atom is -0.493 e. The molecule has 0 fully saturated rings. The van der Waals surface area contributed by atoms with Crippen LogP contribution in [-0.4, -0.2) is 13.0 Å². The lowest BCUT2D eigenvalue weighted by Gasteiger charge is -2.15. The van der Waals surface area contributed by atoms with Crippen molar-refractivity contribution in [2.45, 2.75) is 19.6 Å². The molecule has 0 radical (unpaired) electrons. The molecule has 1 amide bonds. The summed E-state index contributed by atoms with van der Waals surface area (Å²) in [5, 5.41) is 12.4. The van der Waals surface area contributed by atoms with Crippen molar-refractivity contribution in [3.63, 3.8) is 0 Å². The molecule has 7 heteroatoms. The normalized spacial score (nSPS) is 11.9. The Kier molecular flexibility index (Phi) is 8.22. The number of hydrogen-bond donors (Lipinski definition) is 1. The van der Waals surface area contributed by atoms with Crippen LogP contribution in [0.15, 0.2) is 76.8 Å². The first-order valence-electron chi connectivity index (χ1n) is 10.1. The number of nitriles is 1. The molecule has 0 aliphatic rings. The fourth-order valence-electron chi connectivity index (χ4n) is 3.11. The van der Waals surface area contributed by atoms with Crippen molar-refractivity contribution < 1.29 is 18.7 Å². The van der Waals surface area contributed by atoms with Gasteiger partial charge in [-0.3, -0.25) is 4.79 Å². The fourth-order valence-corrected chi connectivity index (χ4v) is 3.69. The third kappa shape index (κ3) is 6.43. The van der Waals surface area contributed by atoms with Crippen LogP contribution in [-0.2, 0) is 11.4 Å². The van der Waals surface area contributed by atoms with E-state index >= 15 is 0 Å². The van der Waals surface area contributed by atoms with Crippen molar-refractivity contribution in [2.24, 2.45) is 0 Å². The van der Waals surface area contributed by atoms with Crippen LogP contribution in [0.1, 0.15) is 29.7 Å². The molecule has 1 atom stereocenters. The highest BCUT2D eigenvalue weighted by Gasteiger charge is 2.16.